The van der Waals surface area contributed by atoms with E-state index >= 15 is 0 Å². The van der Waals surface area contributed by atoms with Crippen LogP contribution in [0.1, 0.15) is 26.2 Å². The molecule has 0 amide bonds. The summed E-state index contributed by atoms with van der Waals surface area (Å²) in [5, 5.41) is 3.39. The van der Waals surface area contributed by atoms with Crippen LogP contribution in [-0.4, -0.2) is 37.6 Å². The van der Waals surface area contributed by atoms with Gasteiger partial charge in [-0.2, -0.15) is 0 Å². The Morgan fingerprint density at radius 2 is 2.15 bits per heavy atom. The minimum atomic E-state index is 1.000. The van der Waals surface area contributed by atoms with E-state index < -0.39 is 0 Å². The zero-order chi connectivity index (χ0) is 9.10. The first-order chi connectivity index (χ1) is 6.40. The third-order valence-electron chi connectivity index (χ3n) is 3.56. The van der Waals surface area contributed by atoms with E-state index in [2.05, 4.69) is 17.1 Å². The molecular weight excluding hydrogens is 160 g/mol. The summed E-state index contributed by atoms with van der Waals surface area (Å²) in [5.74, 6) is 2.00. The zero-order valence-corrected chi connectivity index (χ0v) is 8.76. The summed E-state index contributed by atoms with van der Waals surface area (Å²) in [6.07, 6.45) is 4.23. The minimum Gasteiger partial charge on any atom is -0.316 e. The van der Waals surface area contributed by atoms with E-state index in [0.29, 0.717) is 0 Å². The van der Waals surface area contributed by atoms with Gasteiger partial charge in [0.15, 0.2) is 0 Å². The van der Waals surface area contributed by atoms with Gasteiger partial charge in [-0.15, -0.1) is 0 Å². The molecule has 0 spiro atoms. The molecule has 0 saturated carbocycles. The quantitative estimate of drug-likeness (QED) is 0.708. The van der Waals surface area contributed by atoms with Gasteiger partial charge in [0.1, 0.15) is 0 Å². The summed E-state index contributed by atoms with van der Waals surface area (Å²) >= 11 is 0. The van der Waals surface area contributed by atoms with Gasteiger partial charge in [0.25, 0.3) is 0 Å². The molecule has 0 aromatic rings. The van der Waals surface area contributed by atoms with Crippen molar-refractivity contribution in [2.75, 3.05) is 32.7 Å². The molecule has 2 aliphatic rings. The van der Waals surface area contributed by atoms with Crippen LogP contribution in [0, 0.1) is 11.8 Å². The molecule has 1 unspecified atom stereocenters. The van der Waals surface area contributed by atoms with Crippen molar-refractivity contribution in [3.63, 3.8) is 0 Å². The van der Waals surface area contributed by atoms with Crippen LogP contribution in [0.4, 0.5) is 0 Å². The lowest BCUT2D eigenvalue weighted by atomic mass is 9.82. The van der Waals surface area contributed by atoms with Gasteiger partial charge in [-0.05, 0) is 57.3 Å². The maximum atomic E-state index is 3.39. The van der Waals surface area contributed by atoms with Gasteiger partial charge in [-0.1, -0.05) is 6.92 Å². The van der Waals surface area contributed by atoms with Crippen LogP contribution in [0.5, 0.6) is 0 Å². The Labute approximate surface area is 81.7 Å². The van der Waals surface area contributed by atoms with Crippen molar-refractivity contribution in [3.05, 3.63) is 0 Å². The third kappa shape index (κ3) is 2.23. The van der Waals surface area contributed by atoms with Gasteiger partial charge < -0.3 is 10.2 Å². The fourth-order valence-corrected chi connectivity index (χ4v) is 2.64. The van der Waals surface area contributed by atoms with Crippen LogP contribution in [0.25, 0.3) is 0 Å². The van der Waals surface area contributed by atoms with E-state index in [1.807, 2.05) is 0 Å². The average Bonchev–Trinajstić information content (AvgIpc) is 2.02. The highest BCUT2D eigenvalue weighted by molar-refractivity contribution is 4.85. The SMILES string of the molecule is CCCN1CCCC(C2CNC2)C1. The summed E-state index contributed by atoms with van der Waals surface area (Å²) in [6, 6.07) is 0. The Morgan fingerprint density at radius 3 is 2.77 bits per heavy atom. The van der Waals surface area contributed by atoms with Crippen molar-refractivity contribution in [1.82, 2.24) is 10.2 Å². The van der Waals surface area contributed by atoms with E-state index in [1.165, 1.54) is 52.0 Å². The molecule has 2 saturated heterocycles. The van der Waals surface area contributed by atoms with E-state index in [0.717, 1.165) is 11.8 Å². The first-order valence-corrected chi connectivity index (χ1v) is 5.83. The summed E-state index contributed by atoms with van der Waals surface area (Å²) < 4.78 is 0. The van der Waals surface area contributed by atoms with Gasteiger partial charge in [0.2, 0.25) is 0 Å². The standard InChI is InChI=1S/C11H22N2/c1-2-5-13-6-3-4-10(9-13)11-7-12-8-11/h10-12H,2-9H2,1H3. The molecule has 1 N–H and O–H groups in total. The third-order valence-corrected chi connectivity index (χ3v) is 3.56. The van der Waals surface area contributed by atoms with E-state index in [9.17, 15) is 0 Å². The largest absolute Gasteiger partial charge is 0.316 e. The molecule has 76 valence electrons. The summed E-state index contributed by atoms with van der Waals surface area (Å²) in [6.45, 7) is 8.89. The topological polar surface area (TPSA) is 15.3 Å². The number of hydrogen-bond acceptors (Lipinski definition) is 2. The zero-order valence-electron chi connectivity index (χ0n) is 8.76. The number of likely N-dealkylation sites (tertiary alicyclic amines) is 1. The predicted octanol–water partition coefficient (Wildman–Crippen LogP) is 1.33. The van der Waals surface area contributed by atoms with E-state index in [-0.39, 0.29) is 0 Å². The van der Waals surface area contributed by atoms with Crippen molar-refractivity contribution in [3.8, 4) is 0 Å². The van der Waals surface area contributed by atoms with Gasteiger partial charge in [0.05, 0.1) is 0 Å². The van der Waals surface area contributed by atoms with Crippen LogP contribution in [0.15, 0.2) is 0 Å². The van der Waals surface area contributed by atoms with Gasteiger partial charge in [-0.25, -0.2) is 0 Å². The molecule has 2 aliphatic heterocycles. The Bertz CT molecular complexity index is 152. The second-order valence-corrected chi connectivity index (χ2v) is 4.62. The Balaban J connectivity index is 1.77. The lowest BCUT2D eigenvalue weighted by molar-refractivity contribution is 0.108. The van der Waals surface area contributed by atoms with Crippen molar-refractivity contribution < 1.29 is 0 Å². The molecule has 2 heteroatoms. The molecule has 0 aliphatic carbocycles. The van der Waals surface area contributed by atoms with Crippen LogP contribution < -0.4 is 5.32 Å². The van der Waals surface area contributed by atoms with Crippen molar-refractivity contribution in [1.29, 1.82) is 0 Å². The fraction of sp³-hybridized carbons (Fsp3) is 1.00. The molecule has 2 nitrogen and oxygen atoms in total. The second-order valence-electron chi connectivity index (χ2n) is 4.62. The maximum absolute atomic E-state index is 3.39. The number of piperidine rings is 1. The minimum absolute atomic E-state index is 1.000. The predicted molar refractivity (Wildman–Crippen MR) is 55.8 cm³/mol. The molecule has 0 radical (unpaired) electrons. The number of hydrogen-bond donors (Lipinski definition) is 1. The highest BCUT2D eigenvalue weighted by Crippen LogP contribution is 2.26. The summed E-state index contributed by atoms with van der Waals surface area (Å²) in [7, 11) is 0. The van der Waals surface area contributed by atoms with Crippen LogP contribution in [0.2, 0.25) is 0 Å². The normalized spacial score (nSPS) is 31.6. The van der Waals surface area contributed by atoms with Crippen LogP contribution in [-0.2, 0) is 0 Å². The number of nitrogens with zero attached hydrogens (tertiary/aromatic N) is 1. The van der Waals surface area contributed by atoms with E-state index in [1.54, 1.807) is 0 Å². The molecule has 0 aromatic heterocycles. The molecule has 2 fully saturated rings. The van der Waals surface area contributed by atoms with Crippen LogP contribution >= 0.6 is 0 Å². The van der Waals surface area contributed by atoms with Crippen molar-refractivity contribution in [2.24, 2.45) is 11.8 Å². The highest BCUT2D eigenvalue weighted by atomic mass is 15.1. The van der Waals surface area contributed by atoms with Gasteiger partial charge in [0, 0.05) is 6.54 Å². The first-order valence-electron chi connectivity index (χ1n) is 5.83. The Morgan fingerprint density at radius 1 is 1.31 bits per heavy atom. The Hall–Kier alpha value is -0.0800. The molecule has 0 aromatic carbocycles. The Kier molecular flexibility index (Phi) is 3.23. The lowest BCUT2D eigenvalue weighted by Gasteiger charge is -2.41. The monoisotopic (exact) mass is 182 g/mol. The van der Waals surface area contributed by atoms with Gasteiger partial charge in [-0.3, -0.25) is 0 Å². The second kappa shape index (κ2) is 4.43. The molecular formula is C11H22N2. The van der Waals surface area contributed by atoms with E-state index in [4.69, 9.17) is 0 Å². The van der Waals surface area contributed by atoms with Crippen molar-refractivity contribution in [2.45, 2.75) is 26.2 Å². The van der Waals surface area contributed by atoms with Crippen LogP contribution in [0.3, 0.4) is 0 Å². The molecule has 0 bridgehead atoms. The highest BCUT2D eigenvalue weighted by Gasteiger charge is 2.30. The first kappa shape index (κ1) is 9.47. The average molecular weight is 182 g/mol. The number of nitrogens with one attached hydrogen (secondary N) is 1. The molecule has 13 heavy (non-hydrogen) atoms. The lowest BCUT2D eigenvalue weighted by Crippen LogP contribution is -2.50. The molecule has 2 rings (SSSR count). The number of rotatable bonds is 3. The molecule has 1 atom stereocenters. The summed E-state index contributed by atoms with van der Waals surface area (Å²) in [4.78, 5) is 2.66. The smallest absolute Gasteiger partial charge is 0.00133 e. The summed E-state index contributed by atoms with van der Waals surface area (Å²) in [5.41, 5.74) is 0. The maximum Gasteiger partial charge on any atom is 0.00133 e. The van der Waals surface area contributed by atoms with Gasteiger partial charge >= 0.3 is 0 Å². The van der Waals surface area contributed by atoms with Crippen molar-refractivity contribution >= 4 is 0 Å². The molecule has 2 heterocycles. The fourth-order valence-electron chi connectivity index (χ4n) is 2.64.